The lowest BCUT2D eigenvalue weighted by Gasteiger charge is -2.18. The molecule has 1 unspecified atom stereocenters. The molecule has 0 aliphatic carbocycles. The van der Waals surface area contributed by atoms with E-state index in [0.29, 0.717) is 0 Å². The quantitative estimate of drug-likeness (QED) is 0.758. The lowest BCUT2D eigenvalue weighted by Crippen LogP contribution is -2.40. The first-order valence-electron chi connectivity index (χ1n) is 6.27. The largest absolute Gasteiger partial charge is 0.478 e. The Labute approximate surface area is 112 Å². The first-order chi connectivity index (χ1) is 8.86. The van der Waals surface area contributed by atoms with Gasteiger partial charge in [0.15, 0.2) is 0 Å². The number of rotatable bonds is 5. The van der Waals surface area contributed by atoms with E-state index in [4.69, 9.17) is 10.8 Å². The summed E-state index contributed by atoms with van der Waals surface area (Å²) in [7, 11) is 0. The number of benzene rings is 1. The Morgan fingerprint density at radius 2 is 2.05 bits per heavy atom. The molecule has 1 aromatic carbocycles. The third-order valence-electron chi connectivity index (χ3n) is 3.22. The maximum absolute atomic E-state index is 11.9. The Balaban J connectivity index is 2.94. The van der Waals surface area contributed by atoms with Crippen molar-refractivity contribution in [2.24, 2.45) is 11.7 Å². The predicted octanol–water partition coefficient (Wildman–Crippen LogP) is 2.01. The molecule has 0 spiro atoms. The topological polar surface area (TPSA) is 92.4 Å². The molecule has 0 aliphatic heterocycles. The van der Waals surface area contributed by atoms with Gasteiger partial charge in [-0.05, 0) is 25.0 Å². The molecule has 104 valence electrons. The van der Waals surface area contributed by atoms with Crippen molar-refractivity contribution in [1.82, 2.24) is 0 Å². The number of nitrogens with one attached hydrogen (secondary N) is 1. The number of carbonyl (C=O) groups is 2. The van der Waals surface area contributed by atoms with Crippen molar-refractivity contribution in [3.05, 3.63) is 29.3 Å². The number of hydrogen-bond acceptors (Lipinski definition) is 3. The highest BCUT2D eigenvalue weighted by atomic mass is 16.4. The number of carbonyl (C=O) groups excluding carboxylic acids is 1. The van der Waals surface area contributed by atoms with Gasteiger partial charge >= 0.3 is 5.97 Å². The SMILES string of the molecule is CCC(C)[C@H](N)C(=O)Nc1ccc(C)cc1C(=O)O. The van der Waals surface area contributed by atoms with Crippen LogP contribution in [0.4, 0.5) is 5.69 Å². The highest BCUT2D eigenvalue weighted by molar-refractivity contribution is 6.02. The fourth-order valence-electron chi connectivity index (χ4n) is 1.67. The Morgan fingerprint density at radius 1 is 1.42 bits per heavy atom. The van der Waals surface area contributed by atoms with E-state index in [9.17, 15) is 9.59 Å². The molecule has 5 heteroatoms. The van der Waals surface area contributed by atoms with Crippen molar-refractivity contribution in [2.45, 2.75) is 33.2 Å². The highest BCUT2D eigenvalue weighted by Gasteiger charge is 2.21. The predicted molar refractivity (Wildman–Crippen MR) is 74.2 cm³/mol. The van der Waals surface area contributed by atoms with Crippen LogP contribution in [-0.2, 0) is 4.79 Å². The van der Waals surface area contributed by atoms with Gasteiger partial charge in [0.25, 0.3) is 0 Å². The van der Waals surface area contributed by atoms with Crippen LogP contribution in [0.15, 0.2) is 18.2 Å². The number of aryl methyl sites for hydroxylation is 1. The number of anilines is 1. The third kappa shape index (κ3) is 3.79. The number of hydrogen-bond donors (Lipinski definition) is 3. The lowest BCUT2D eigenvalue weighted by molar-refractivity contribution is -0.118. The normalized spacial score (nSPS) is 13.7. The Hall–Kier alpha value is -1.88. The van der Waals surface area contributed by atoms with Gasteiger partial charge in [0.1, 0.15) is 0 Å². The average Bonchev–Trinajstić information content (AvgIpc) is 2.38. The molecule has 5 nitrogen and oxygen atoms in total. The monoisotopic (exact) mass is 264 g/mol. The Morgan fingerprint density at radius 3 is 2.58 bits per heavy atom. The zero-order valence-electron chi connectivity index (χ0n) is 11.4. The van der Waals surface area contributed by atoms with Crippen LogP contribution >= 0.6 is 0 Å². The molecule has 1 aromatic rings. The van der Waals surface area contributed by atoms with Gasteiger partial charge in [0.2, 0.25) is 5.91 Å². The van der Waals surface area contributed by atoms with Crippen molar-refractivity contribution in [1.29, 1.82) is 0 Å². The summed E-state index contributed by atoms with van der Waals surface area (Å²) >= 11 is 0. The van der Waals surface area contributed by atoms with Gasteiger partial charge in [0, 0.05) is 0 Å². The Bertz CT molecular complexity index is 486. The molecular formula is C14H20N2O3. The van der Waals surface area contributed by atoms with Gasteiger partial charge in [-0.2, -0.15) is 0 Å². The molecule has 0 heterocycles. The van der Waals surface area contributed by atoms with E-state index in [-0.39, 0.29) is 23.1 Å². The van der Waals surface area contributed by atoms with Crippen LogP contribution in [-0.4, -0.2) is 23.0 Å². The van der Waals surface area contributed by atoms with E-state index in [0.717, 1.165) is 12.0 Å². The maximum Gasteiger partial charge on any atom is 0.337 e. The Kier molecular flexibility index (Phi) is 5.06. The molecule has 4 N–H and O–H groups in total. The zero-order chi connectivity index (χ0) is 14.6. The summed E-state index contributed by atoms with van der Waals surface area (Å²) in [5, 5.41) is 11.7. The van der Waals surface area contributed by atoms with Crippen molar-refractivity contribution in [3.8, 4) is 0 Å². The summed E-state index contributed by atoms with van der Waals surface area (Å²) in [6.45, 7) is 5.63. The van der Waals surface area contributed by atoms with Gasteiger partial charge in [-0.1, -0.05) is 31.9 Å². The summed E-state index contributed by atoms with van der Waals surface area (Å²) < 4.78 is 0. The molecule has 0 aromatic heterocycles. The first kappa shape index (κ1) is 15.2. The molecule has 0 fully saturated rings. The van der Waals surface area contributed by atoms with E-state index in [2.05, 4.69) is 5.32 Å². The molecule has 1 amide bonds. The fraction of sp³-hybridized carbons (Fsp3) is 0.429. The minimum Gasteiger partial charge on any atom is -0.478 e. The molecule has 2 atom stereocenters. The van der Waals surface area contributed by atoms with Gasteiger partial charge in [-0.25, -0.2) is 4.79 Å². The number of nitrogens with two attached hydrogens (primary N) is 1. The van der Waals surface area contributed by atoms with Crippen molar-refractivity contribution >= 4 is 17.6 Å². The van der Waals surface area contributed by atoms with E-state index >= 15 is 0 Å². The number of amides is 1. The summed E-state index contributed by atoms with van der Waals surface area (Å²) in [6.07, 6.45) is 0.786. The van der Waals surface area contributed by atoms with E-state index in [1.807, 2.05) is 13.8 Å². The second kappa shape index (κ2) is 6.33. The summed E-state index contributed by atoms with van der Waals surface area (Å²) in [6, 6.07) is 4.21. The standard InChI is InChI=1S/C14H20N2O3/c1-4-9(3)12(15)13(17)16-11-6-5-8(2)7-10(11)14(18)19/h5-7,9,12H,4,15H2,1-3H3,(H,16,17)(H,18,19)/t9?,12-/m0/s1. The van der Waals surface area contributed by atoms with Crippen LogP contribution in [0.25, 0.3) is 0 Å². The number of aromatic carboxylic acids is 1. The van der Waals surface area contributed by atoms with E-state index < -0.39 is 12.0 Å². The molecule has 0 aliphatic rings. The van der Waals surface area contributed by atoms with Crippen molar-refractivity contribution in [2.75, 3.05) is 5.32 Å². The van der Waals surface area contributed by atoms with Crippen LogP contribution in [0, 0.1) is 12.8 Å². The highest BCUT2D eigenvalue weighted by Crippen LogP contribution is 2.18. The smallest absolute Gasteiger partial charge is 0.337 e. The first-order valence-corrected chi connectivity index (χ1v) is 6.27. The van der Waals surface area contributed by atoms with Gasteiger partial charge < -0.3 is 16.2 Å². The van der Waals surface area contributed by atoms with Gasteiger partial charge in [-0.3, -0.25) is 4.79 Å². The van der Waals surface area contributed by atoms with Crippen LogP contribution < -0.4 is 11.1 Å². The van der Waals surface area contributed by atoms with Gasteiger partial charge in [0.05, 0.1) is 17.3 Å². The lowest BCUT2D eigenvalue weighted by atomic mass is 9.99. The van der Waals surface area contributed by atoms with Crippen molar-refractivity contribution < 1.29 is 14.7 Å². The maximum atomic E-state index is 11.9. The molecule has 19 heavy (non-hydrogen) atoms. The minimum absolute atomic E-state index is 0.0405. The molecule has 0 saturated carbocycles. The fourth-order valence-corrected chi connectivity index (χ4v) is 1.67. The molecule has 0 radical (unpaired) electrons. The summed E-state index contributed by atoms with van der Waals surface area (Å²) in [5.74, 6) is -1.39. The van der Waals surface area contributed by atoms with E-state index in [1.165, 1.54) is 6.07 Å². The molecule has 0 bridgehead atoms. The number of carboxylic acids is 1. The number of carboxylic acid groups (broad SMARTS) is 1. The second-order valence-electron chi connectivity index (χ2n) is 4.75. The molecule has 1 rings (SSSR count). The summed E-state index contributed by atoms with van der Waals surface area (Å²) in [4.78, 5) is 23.1. The second-order valence-corrected chi connectivity index (χ2v) is 4.75. The zero-order valence-corrected chi connectivity index (χ0v) is 11.4. The van der Waals surface area contributed by atoms with Gasteiger partial charge in [-0.15, -0.1) is 0 Å². The summed E-state index contributed by atoms with van der Waals surface area (Å²) in [5.41, 5.74) is 6.99. The van der Waals surface area contributed by atoms with Crippen LogP contribution in [0.5, 0.6) is 0 Å². The average molecular weight is 264 g/mol. The third-order valence-corrected chi connectivity index (χ3v) is 3.22. The van der Waals surface area contributed by atoms with Crippen LogP contribution in [0.2, 0.25) is 0 Å². The van der Waals surface area contributed by atoms with E-state index in [1.54, 1.807) is 19.1 Å². The molecular weight excluding hydrogens is 244 g/mol. The molecule has 0 saturated heterocycles. The van der Waals surface area contributed by atoms with Crippen LogP contribution in [0.1, 0.15) is 36.2 Å². The van der Waals surface area contributed by atoms with Crippen LogP contribution in [0.3, 0.4) is 0 Å². The minimum atomic E-state index is -1.07. The van der Waals surface area contributed by atoms with Crippen molar-refractivity contribution in [3.63, 3.8) is 0 Å².